The van der Waals surface area contributed by atoms with E-state index in [2.05, 4.69) is 11.4 Å². The summed E-state index contributed by atoms with van der Waals surface area (Å²) in [6.07, 6.45) is 1.98. The number of carbonyl (C=O) groups excluding carboxylic acids is 2. The molecule has 1 atom stereocenters. The number of nitrogens with zero attached hydrogens (tertiary/aromatic N) is 2. The molecule has 0 aromatic heterocycles. The molecule has 5 nitrogen and oxygen atoms in total. The van der Waals surface area contributed by atoms with E-state index in [0.717, 1.165) is 17.9 Å². The molecule has 0 bridgehead atoms. The van der Waals surface area contributed by atoms with Gasteiger partial charge in [0.2, 0.25) is 11.8 Å². The Hall–Kier alpha value is -2.00. The van der Waals surface area contributed by atoms with Crippen LogP contribution in [0, 0.1) is 11.3 Å². The molecule has 0 aliphatic carbocycles. The van der Waals surface area contributed by atoms with Crippen LogP contribution in [0.15, 0.2) is 29.2 Å². The molecular weight excluding hydrogens is 310 g/mol. The summed E-state index contributed by atoms with van der Waals surface area (Å²) in [7, 11) is 0. The van der Waals surface area contributed by atoms with Gasteiger partial charge in [-0.3, -0.25) is 9.59 Å². The van der Waals surface area contributed by atoms with E-state index in [1.165, 1.54) is 0 Å². The Labute approximate surface area is 141 Å². The summed E-state index contributed by atoms with van der Waals surface area (Å²) in [5.41, 5.74) is 0.636. The van der Waals surface area contributed by atoms with Crippen molar-refractivity contribution in [3.8, 4) is 6.07 Å². The first-order valence-electron chi connectivity index (χ1n) is 7.78. The van der Waals surface area contributed by atoms with Gasteiger partial charge in [-0.05, 0) is 37.6 Å². The summed E-state index contributed by atoms with van der Waals surface area (Å²) < 4.78 is 0. The van der Waals surface area contributed by atoms with Crippen LogP contribution in [0.25, 0.3) is 0 Å². The van der Waals surface area contributed by atoms with Gasteiger partial charge in [0.1, 0.15) is 0 Å². The number of thioether (sulfide) groups is 1. The van der Waals surface area contributed by atoms with Gasteiger partial charge < -0.3 is 10.2 Å². The average molecular weight is 331 g/mol. The maximum atomic E-state index is 11.9. The van der Waals surface area contributed by atoms with Crippen LogP contribution in [-0.4, -0.2) is 41.6 Å². The van der Waals surface area contributed by atoms with Crippen LogP contribution in [0.3, 0.4) is 0 Å². The molecule has 1 saturated heterocycles. The first-order valence-corrected chi connectivity index (χ1v) is 8.77. The Kier molecular flexibility index (Phi) is 6.48. The third-order valence-corrected chi connectivity index (χ3v) is 4.67. The SMILES string of the molecule is C[C@@H](CN1CCCC1=O)NC(=O)CCSc1ccc(C#N)cc1. The number of hydrogen-bond acceptors (Lipinski definition) is 4. The lowest BCUT2D eigenvalue weighted by Crippen LogP contribution is -2.42. The van der Waals surface area contributed by atoms with Crippen molar-refractivity contribution in [2.45, 2.75) is 37.1 Å². The summed E-state index contributed by atoms with van der Waals surface area (Å²) >= 11 is 1.59. The van der Waals surface area contributed by atoms with E-state index in [4.69, 9.17) is 5.26 Å². The fourth-order valence-corrected chi connectivity index (χ4v) is 3.36. The lowest BCUT2D eigenvalue weighted by atomic mass is 10.2. The van der Waals surface area contributed by atoms with Gasteiger partial charge >= 0.3 is 0 Å². The van der Waals surface area contributed by atoms with Gasteiger partial charge in [-0.15, -0.1) is 11.8 Å². The number of rotatable bonds is 7. The Morgan fingerprint density at radius 3 is 2.78 bits per heavy atom. The monoisotopic (exact) mass is 331 g/mol. The van der Waals surface area contributed by atoms with Crippen molar-refractivity contribution in [1.82, 2.24) is 10.2 Å². The summed E-state index contributed by atoms with van der Waals surface area (Å²) in [5.74, 6) is 0.875. The molecule has 1 aliphatic rings. The minimum absolute atomic E-state index is 0.00490. The lowest BCUT2D eigenvalue weighted by Gasteiger charge is -2.21. The van der Waals surface area contributed by atoms with E-state index >= 15 is 0 Å². The van der Waals surface area contributed by atoms with Gasteiger partial charge in [0, 0.05) is 42.6 Å². The molecule has 0 saturated carbocycles. The quantitative estimate of drug-likeness (QED) is 0.777. The molecule has 23 heavy (non-hydrogen) atoms. The molecule has 0 spiro atoms. The number of hydrogen-bond donors (Lipinski definition) is 1. The van der Waals surface area contributed by atoms with E-state index in [-0.39, 0.29) is 17.9 Å². The van der Waals surface area contributed by atoms with Crippen LogP contribution in [0.2, 0.25) is 0 Å². The second-order valence-corrected chi connectivity index (χ2v) is 6.81. The average Bonchev–Trinajstić information content (AvgIpc) is 2.93. The predicted octanol–water partition coefficient (Wildman–Crippen LogP) is 2.17. The standard InChI is InChI=1S/C17H21N3O2S/c1-13(12-20-9-2-3-17(20)22)19-16(21)8-10-23-15-6-4-14(11-18)5-7-15/h4-7,13H,2-3,8-10,12H2,1H3,(H,19,21)/t13-/m0/s1. The van der Waals surface area contributed by atoms with E-state index in [9.17, 15) is 9.59 Å². The molecule has 0 unspecified atom stereocenters. The molecule has 2 amide bonds. The van der Waals surface area contributed by atoms with Crippen molar-refractivity contribution >= 4 is 23.6 Å². The number of amides is 2. The fourth-order valence-electron chi connectivity index (χ4n) is 2.51. The van der Waals surface area contributed by atoms with Crippen LogP contribution < -0.4 is 5.32 Å². The van der Waals surface area contributed by atoms with Crippen LogP contribution in [0.5, 0.6) is 0 Å². The van der Waals surface area contributed by atoms with Crippen molar-refractivity contribution in [2.75, 3.05) is 18.8 Å². The molecule has 0 radical (unpaired) electrons. The van der Waals surface area contributed by atoms with Gasteiger partial charge in [-0.25, -0.2) is 0 Å². The molecule has 6 heteroatoms. The van der Waals surface area contributed by atoms with E-state index in [1.807, 2.05) is 24.0 Å². The van der Waals surface area contributed by atoms with Crippen molar-refractivity contribution in [3.05, 3.63) is 29.8 Å². The molecule has 1 N–H and O–H groups in total. The Morgan fingerprint density at radius 1 is 1.43 bits per heavy atom. The second-order valence-electron chi connectivity index (χ2n) is 5.65. The van der Waals surface area contributed by atoms with E-state index < -0.39 is 0 Å². The number of nitrogens with one attached hydrogen (secondary N) is 1. The highest BCUT2D eigenvalue weighted by Gasteiger charge is 2.22. The van der Waals surface area contributed by atoms with E-state index in [1.54, 1.807) is 23.9 Å². The first-order chi connectivity index (χ1) is 11.1. The van der Waals surface area contributed by atoms with Crippen molar-refractivity contribution in [2.24, 2.45) is 0 Å². The molecule has 1 aromatic rings. The van der Waals surface area contributed by atoms with Crippen molar-refractivity contribution in [3.63, 3.8) is 0 Å². The topological polar surface area (TPSA) is 73.2 Å². The number of likely N-dealkylation sites (tertiary alicyclic amines) is 1. The maximum absolute atomic E-state index is 11.9. The third-order valence-electron chi connectivity index (χ3n) is 3.65. The maximum Gasteiger partial charge on any atom is 0.222 e. The number of nitriles is 1. The smallest absolute Gasteiger partial charge is 0.222 e. The van der Waals surface area contributed by atoms with E-state index in [0.29, 0.717) is 30.7 Å². The number of carbonyl (C=O) groups is 2. The van der Waals surface area contributed by atoms with Crippen LogP contribution in [0.4, 0.5) is 0 Å². The molecule has 1 heterocycles. The van der Waals surface area contributed by atoms with Crippen molar-refractivity contribution in [1.29, 1.82) is 5.26 Å². The highest BCUT2D eigenvalue weighted by Crippen LogP contribution is 2.19. The zero-order valence-electron chi connectivity index (χ0n) is 13.2. The van der Waals surface area contributed by atoms with Gasteiger partial charge in [-0.2, -0.15) is 5.26 Å². The summed E-state index contributed by atoms with van der Waals surface area (Å²) in [6.45, 7) is 3.32. The summed E-state index contributed by atoms with van der Waals surface area (Å²) in [6, 6.07) is 9.39. The normalized spacial score (nSPS) is 15.3. The largest absolute Gasteiger partial charge is 0.352 e. The summed E-state index contributed by atoms with van der Waals surface area (Å²) in [4.78, 5) is 26.4. The van der Waals surface area contributed by atoms with Crippen LogP contribution >= 0.6 is 11.8 Å². The molecule has 122 valence electrons. The minimum Gasteiger partial charge on any atom is -0.352 e. The molecule has 1 fully saturated rings. The molecule has 2 rings (SSSR count). The van der Waals surface area contributed by atoms with Gasteiger partial charge in [-0.1, -0.05) is 0 Å². The van der Waals surface area contributed by atoms with Crippen LogP contribution in [-0.2, 0) is 9.59 Å². The Balaban J connectivity index is 1.66. The first kappa shape index (κ1) is 17.4. The highest BCUT2D eigenvalue weighted by atomic mass is 32.2. The van der Waals surface area contributed by atoms with Gasteiger partial charge in [0.15, 0.2) is 0 Å². The third kappa shape index (κ3) is 5.61. The van der Waals surface area contributed by atoms with Gasteiger partial charge in [0.25, 0.3) is 0 Å². The number of benzene rings is 1. The Morgan fingerprint density at radius 2 is 2.17 bits per heavy atom. The zero-order chi connectivity index (χ0) is 16.7. The fraction of sp³-hybridized carbons (Fsp3) is 0.471. The zero-order valence-corrected chi connectivity index (χ0v) is 14.1. The molecule has 1 aromatic carbocycles. The van der Waals surface area contributed by atoms with Gasteiger partial charge in [0.05, 0.1) is 11.6 Å². The van der Waals surface area contributed by atoms with Crippen LogP contribution in [0.1, 0.15) is 31.7 Å². The Bertz CT molecular complexity index is 595. The summed E-state index contributed by atoms with van der Waals surface area (Å²) in [5, 5.41) is 11.7. The molecular formula is C17H21N3O2S. The second kappa shape index (κ2) is 8.59. The van der Waals surface area contributed by atoms with Crippen molar-refractivity contribution < 1.29 is 9.59 Å². The lowest BCUT2D eigenvalue weighted by molar-refractivity contribution is -0.129. The highest BCUT2D eigenvalue weighted by molar-refractivity contribution is 7.99. The minimum atomic E-state index is -0.0236. The predicted molar refractivity (Wildman–Crippen MR) is 89.9 cm³/mol. The molecule has 1 aliphatic heterocycles.